The number of hydrogen-bond donors (Lipinski definition) is 2. The van der Waals surface area contributed by atoms with Crippen molar-refractivity contribution in [3.05, 3.63) is 0 Å². The van der Waals surface area contributed by atoms with Crippen molar-refractivity contribution < 1.29 is 14.6 Å². The topological polar surface area (TPSA) is 58.6 Å². The van der Waals surface area contributed by atoms with E-state index < -0.39 is 0 Å². The van der Waals surface area contributed by atoms with Crippen LogP contribution >= 0.6 is 0 Å². The number of ether oxygens (including phenoxy) is 1. The molecule has 4 nitrogen and oxygen atoms in total. The van der Waals surface area contributed by atoms with Crippen LogP contribution in [0.4, 0.5) is 0 Å². The molecule has 0 aromatic carbocycles. The third-order valence-electron chi connectivity index (χ3n) is 2.38. The average molecular weight is 187 g/mol. The summed E-state index contributed by atoms with van der Waals surface area (Å²) in [6, 6.07) is -0.166. The molecule has 1 aliphatic rings. The molecular formula is C9H17NO3. The monoisotopic (exact) mass is 187 g/mol. The maximum Gasteiger partial charge on any atom is 0.226 e. The van der Waals surface area contributed by atoms with Crippen molar-refractivity contribution in [3.63, 3.8) is 0 Å². The molecule has 3 atom stereocenters. The van der Waals surface area contributed by atoms with Crippen molar-refractivity contribution >= 4 is 5.91 Å². The van der Waals surface area contributed by atoms with Gasteiger partial charge in [-0.05, 0) is 20.3 Å². The number of nitrogens with one attached hydrogen (secondary N) is 1. The molecule has 0 aliphatic carbocycles. The molecule has 1 rings (SSSR count). The van der Waals surface area contributed by atoms with Gasteiger partial charge < -0.3 is 15.2 Å². The molecule has 3 unspecified atom stereocenters. The van der Waals surface area contributed by atoms with E-state index in [1.54, 1.807) is 6.92 Å². The smallest absolute Gasteiger partial charge is 0.226 e. The molecule has 0 aromatic rings. The van der Waals surface area contributed by atoms with E-state index in [9.17, 15) is 4.79 Å². The summed E-state index contributed by atoms with van der Waals surface area (Å²) in [5, 5.41) is 11.5. The lowest BCUT2D eigenvalue weighted by Gasteiger charge is -2.17. The van der Waals surface area contributed by atoms with Gasteiger partial charge >= 0.3 is 0 Å². The molecule has 76 valence electrons. The Morgan fingerprint density at radius 1 is 1.77 bits per heavy atom. The molecule has 1 amide bonds. The SMILES string of the molecule is CC(CO)NC(=O)C1CCOC1C. The van der Waals surface area contributed by atoms with Gasteiger partial charge in [0, 0.05) is 12.6 Å². The molecule has 1 saturated heterocycles. The third-order valence-corrected chi connectivity index (χ3v) is 2.38. The van der Waals surface area contributed by atoms with E-state index in [0.29, 0.717) is 6.61 Å². The van der Waals surface area contributed by atoms with Crippen LogP contribution in [0.2, 0.25) is 0 Å². The minimum absolute atomic E-state index is 0.00546. The van der Waals surface area contributed by atoms with Crippen LogP contribution in [0.15, 0.2) is 0 Å². The number of amides is 1. The molecule has 0 saturated carbocycles. The molecule has 0 radical (unpaired) electrons. The quantitative estimate of drug-likeness (QED) is 0.649. The second-order valence-electron chi connectivity index (χ2n) is 3.56. The average Bonchev–Trinajstić information content (AvgIpc) is 2.51. The van der Waals surface area contributed by atoms with Crippen molar-refractivity contribution in [3.8, 4) is 0 Å². The number of rotatable bonds is 3. The minimum Gasteiger partial charge on any atom is -0.394 e. The molecule has 1 fully saturated rings. The van der Waals surface area contributed by atoms with E-state index in [2.05, 4.69) is 5.32 Å². The van der Waals surface area contributed by atoms with Crippen LogP contribution in [0.1, 0.15) is 20.3 Å². The van der Waals surface area contributed by atoms with Gasteiger partial charge in [-0.15, -0.1) is 0 Å². The molecule has 13 heavy (non-hydrogen) atoms. The predicted octanol–water partition coefficient (Wildman–Crippen LogP) is -0.0916. The van der Waals surface area contributed by atoms with Crippen molar-refractivity contribution in [2.75, 3.05) is 13.2 Å². The van der Waals surface area contributed by atoms with Crippen LogP contribution in [0.25, 0.3) is 0 Å². The van der Waals surface area contributed by atoms with Gasteiger partial charge in [0.05, 0.1) is 18.6 Å². The lowest BCUT2D eigenvalue weighted by atomic mass is 10.0. The second-order valence-corrected chi connectivity index (χ2v) is 3.56. The van der Waals surface area contributed by atoms with Crippen molar-refractivity contribution in [2.45, 2.75) is 32.4 Å². The highest BCUT2D eigenvalue weighted by Crippen LogP contribution is 2.20. The Bertz CT molecular complexity index is 184. The Balaban J connectivity index is 2.38. The zero-order valence-corrected chi connectivity index (χ0v) is 8.12. The number of carbonyl (C=O) groups excluding carboxylic acids is 1. The molecule has 2 N–H and O–H groups in total. The molecule has 0 spiro atoms. The van der Waals surface area contributed by atoms with Crippen LogP contribution in [-0.4, -0.2) is 36.4 Å². The summed E-state index contributed by atoms with van der Waals surface area (Å²) in [7, 11) is 0. The van der Waals surface area contributed by atoms with Crippen molar-refractivity contribution in [1.82, 2.24) is 5.32 Å². The maximum absolute atomic E-state index is 11.5. The fourth-order valence-electron chi connectivity index (χ4n) is 1.47. The van der Waals surface area contributed by atoms with Crippen molar-refractivity contribution in [2.24, 2.45) is 5.92 Å². The van der Waals surface area contributed by atoms with Gasteiger partial charge in [-0.1, -0.05) is 0 Å². The zero-order chi connectivity index (χ0) is 9.84. The number of hydrogen-bond acceptors (Lipinski definition) is 3. The summed E-state index contributed by atoms with van der Waals surface area (Å²) >= 11 is 0. The lowest BCUT2D eigenvalue weighted by Crippen LogP contribution is -2.41. The fourth-order valence-corrected chi connectivity index (χ4v) is 1.47. The molecular weight excluding hydrogens is 170 g/mol. The Kier molecular flexibility index (Phi) is 3.69. The van der Waals surface area contributed by atoms with Crippen LogP contribution < -0.4 is 5.32 Å². The van der Waals surface area contributed by atoms with Gasteiger partial charge in [0.1, 0.15) is 0 Å². The lowest BCUT2D eigenvalue weighted by molar-refractivity contribution is -0.127. The Morgan fingerprint density at radius 2 is 2.46 bits per heavy atom. The second kappa shape index (κ2) is 4.58. The fraction of sp³-hybridized carbons (Fsp3) is 0.889. The van der Waals surface area contributed by atoms with Gasteiger partial charge in [0.2, 0.25) is 5.91 Å². The molecule has 1 aliphatic heterocycles. The van der Waals surface area contributed by atoms with E-state index >= 15 is 0 Å². The van der Waals surface area contributed by atoms with Crippen LogP contribution in [0, 0.1) is 5.92 Å². The normalized spacial score (nSPS) is 30.1. The summed E-state index contributed by atoms with van der Waals surface area (Å²) in [4.78, 5) is 11.5. The van der Waals surface area contributed by atoms with Gasteiger partial charge in [0.15, 0.2) is 0 Å². The van der Waals surface area contributed by atoms with E-state index in [0.717, 1.165) is 6.42 Å². The summed E-state index contributed by atoms with van der Waals surface area (Å²) in [5.74, 6) is -0.0550. The summed E-state index contributed by atoms with van der Waals surface area (Å²) in [6.07, 6.45) is 0.788. The highest BCUT2D eigenvalue weighted by atomic mass is 16.5. The highest BCUT2D eigenvalue weighted by Gasteiger charge is 2.30. The van der Waals surface area contributed by atoms with Crippen LogP contribution in [-0.2, 0) is 9.53 Å². The Hall–Kier alpha value is -0.610. The number of carbonyl (C=O) groups is 1. The number of aliphatic hydroxyl groups is 1. The van der Waals surface area contributed by atoms with Gasteiger partial charge in [-0.2, -0.15) is 0 Å². The standard InChI is InChI=1S/C9H17NO3/c1-6(5-11)10-9(12)8-3-4-13-7(8)2/h6-8,11H,3-5H2,1-2H3,(H,10,12). The molecule has 1 heterocycles. The first-order chi connectivity index (χ1) is 6.15. The van der Waals surface area contributed by atoms with Gasteiger partial charge in [-0.3, -0.25) is 4.79 Å². The van der Waals surface area contributed by atoms with Crippen LogP contribution in [0.5, 0.6) is 0 Å². The first kappa shape index (κ1) is 10.5. The van der Waals surface area contributed by atoms with E-state index in [1.807, 2.05) is 6.92 Å². The van der Waals surface area contributed by atoms with Crippen LogP contribution in [0.3, 0.4) is 0 Å². The highest BCUT2D eigenvalue weighted by molar-refractivity contribution is 5.79. The maximum atomic E-state index is 11.5. The zero-order valence-electron chi connectivity index (χ0n) is 8.12. The van der Waals surface area contributed by atoms with E-state index in [4.69, 9.17) is 9.84 Å². The molecule has 0 aromatic heterocycles. The molecule has 0 bridgehead atoms. The number of aliphatic hydroxyl groups excluding tert-OH is 1. The minimum atomic E-state index is -0.166. The van der Waals surface area contributed by atoms with Crippen molar-refractivity contribution in [1.29, 1.82) is 0 Å². The first-order valence-electron chi connectivity index (χ1n) is 4.68. The largest absolute Gasteiger partial charge is 0.394 e. The summed E-state index contributed by atoms with van der Waals surface area (Å²) in [5.41, 5.74) is 0. The van der Waals surface area contributed by atoms with Gasteiger partial charge in [-0.25, -0.2) is 0 Å². The summed E-state index contributed by atoms with van der Waals surface area (Å²) < 4.78 is 5.28. The van der Waals surface area contributed by atoms with Gasteiger partial charge in [0.25, 0.3) is 0 Å². The predicted molar refractivity (Wildman–Crippen MR) is 48.2 cm³/mol. The first-order valence-corrected chi connectivity index (χ1v) is 4.68. The molecule has 4 heteroatoms. The Labute approximate surface area is 78.3 Å². The Morgan fingerprint density at radius 3 is 2.92 bits per heavy atom. The van der Waals surface area contributed by atoms with E-state index in [-0.39, 0.29) is 30.6 Å². The summed E-state index contributed by atoms with van der Waals surface area (Å²) in [6.45, 7) is 4.32. The van der Waals surface area contributed by atoms with E-state index in [1.165, 1.54) is 0 Å². The third kappa shape index (κ3) is 2.67.